The molecule has 31 heavy (non-hydrogen) atoms. The Morgan fingerprint density at radius 3 is 2.68 bits per heavy atom. The Hall–Kier alpha value is -2.97. The molecule has 0 aliphatic heterocycles. The minimum absolute atomic E-state index is 0.382. The number of carbonyl (C=O) groups is 2. The van der Waals surface area contributed by atoms with E-state index < -0.39 is 18.5 Å². The molecule has 0 atom stereocenters. The molecule has 0 unspecified atom stereocenters. The molecular weight excluding hydrogens is 440 g/mol. The number of nitrogens with zero attached hydrogens (tertiary/aromatic N) is 1. The van der Waals surface area contributed by atoms with E-state index in [2.05, 4.69) is 10.5 Å². The Bertz CT molecular complexity index is 1080. The molecule has 1 amide bonds. The molecule has 3 rings (SSSR count). The van der Waals surface area contributed by atoms with Gasteiger partial charge in [0, 0.05) is 21.2 Å². The normalized spacial score (nSPS) is 10.6. The lowest BCUT2D eigenvalue weighted by molar-refractivity contribution is -0.119. The highest BCUT2D eigenvalue weighted by Crippen LogP contribution is 2.30. The molecule has 0 radical (unpaired) electrons. The van der Waals surface area contributed by atoms with Gasteiger partial charge in [0.15, 0.2) is 6.61 Å². The second kappa shape index (κ2) is 10.4. The Labute approximate surface area is 189 Å². The summed E-state index contributed by atoms with van der Waals surface area (Å²) in [5.74, 6) is 0.703. The fourth-order valence-corrected chi connectivity index (χ4v) is 4.16. The van der Waals surface area contributed by atoms with Crippen molar-refractivity contribution in [1.82, 2.24) is 5.16 Å². The minimum atomic E-state index is -0.588. The van der Waals surface area contributed by atoms with Crippen molar-refractivity contribution >= 4 is 40.9 Å². The summed E-state index contributed by atoms with van der Waals surface area (Å²) in [7, 11) is 1.48. The summed E-state index contributed by atoms with van der Waals surface area (Å²) < 4.78 is 15.6. The zero-order chi connectivity index (χ0) is 22.4. The van der Waals surface area contributed by atoms with Crippen LogP contribution in [0.4, 0.5) is 5.69 Å². The Morgan fingerprint density at radius 2 is 1.97 bits per heavy atom. The average molecular weight is 461 g/mol. The van der Waals surface area contributed by atoms with Gasteiger partial charge in [0.1, 0.15) is 11.5 Å². The van der Waals surface area contributed by atoms with E-state index in [1.54, 1.807) is 30.3 Å². The Morgan fingerprint density at radius 1 is 1.19 bits per heavy atom. The standard InChI is InChI=1S/C22H21ClN2O5S/c1-13-17(14(2)30-25-13)12-31-20-7-5-4-6-16(20)22(27)29-11-21(26)24-18-10-15(23)8-9-19(18)28-3/h4-10H,11-12H2,1-3H3,(H,24,26). The zero-order valence-corrected chi connectivity index (χ0v) is 18.8. The van der Waals surface area contributed by atoms with Crippen molar-refractivity contribution in [3.63, 3.8) is 0 Å². The number of rotatable bonds is 8. The first-order valence-corrected chi connectivity index (χ1v) is 10.7. The zero-order valence-electron chi connectivity index (χ0n) is 17.2. The summed E-state index contributed by atoms with van der Waals surface area (Å²) in [6.07, 6.45) is 0. The van der Waals surface area contributed by atoms with E-state index in [-0.39, 0.29) is 0 Å². The van der Waals surface area contributed by atoms with Crippen LogP contribution in [0, 0.1) is 13.8 Å². The summed E-state index contributed by atoms with van der Waals surface area (Å²) in [6, 6.07) is 11.9. The van der Waals surface area contributed by atoms with Gasteiger partial charge in [-0.05, 0) is 44.2 Å². The largest absolute Gasteiger partial charge is 0.495 e. The van der Waals surface area contributed by atoms with Gasteiger partial charge in [-0.2, -0.15) is 0 Å². The Kier molecular flexibility index (Phi) is 7.59. The molecule has 9 heteroatoms. The number of esters is 1. The van der Waals surface area contributed by atoms with Crippen LogP contribution in [0.15, 0.2) is 51.9 Å². The molecule has 2 aromatic carbocycles. The van der Waals surface area contributed by atoms with E-state index in [0.29, 0.717) is 27.8 Å². The van der Waals surface area contributed by atoms with Crippen LogP contribution >= 0.6 is 23.4 Å². The van der Waals surface area contributed by atoms with Gasteiger partial charge in [-0.1, -0.05) is 28.9 Å². The lowest BCUT2D eigenvalue weighted by Gasteiger charge is -2.12. The number of amides is 1. The first-order chi connectivity index (χ1) is 14.9. The fraction of sp³-hybridized carbons (Fsp3) is 0.227. The highest BCUT2D eigenvalue weighted by molar-refractivity contribution is 7.98. The van der Waals surface area contributed by atoms with E-state index >= 15 is 0 Å². The molecule has 0 aliphatic rings. The quantitative estimate of drug-likeness (QED) is 0.372. The summed E-state index contributed by atoms with van der Waals surface area (Å²) in [5.41, 5.74) is 2.58. The van der Waals surface area contributed by atoms with Crippen LogP contribution in [0.3, 0.4) is 0 Å². The number of thioether (sulfide) groups is 1. The summed E-state index contributed by atoms with van der Waals surface area (Å²) in [4.78, 5) is 25.6. The monoisotopic (exact) mass is 460 g/mol. The number of methoxy groups -OCH3 is 1. The molecular formula is C22H21ClN2O5S. The molecule has 0 fully saturated rings. The molecule has 1 heterocycles. The SMILES string of the molecule is COc1ccc(Cl)cc1NC(=O)COC(=O)c1ccccc1SCc1c(C)noc1C. The van der Waals surface area contributed by atoms with E-state index in [4.69, 9.17) is 25.6 Å². The number of carbonyl (C=O) groups excluding carboxylic acids is 2. The highest BCUT2D eigenvalue weighted by Gasteiger charge is 2.17. The van der Waals surface area contributed by atoms with Gasteiger partial charge in [-0.3, -0.25) is 4.79 Å². The van der Waals surface area contributed by atoms with Gasteiger partial charge in [0.05, 0.1) is 24.1 Å². The molecule has 1 N–H and O–H groups in total. The topological polar surface area (TPSA) is 90.7 Å². The van der Waals surface area contributed by atoms with Gasteiger partial charge in [-0.15, -0.1) is 11.8 Å². The van der Waals surface area contributed by atoms with Crippen molar-refractivity contribution in [3.05, 3.63) is 70.1 Å². The van der Waals surface area contributed by atoms with Crippen LogP contribution < -0.4 is 10.1 Å². The van der Waals surface area contributed by atoms with Gasteiger partial charge in [0.2, 0.25) is 0 Å². The van der Waals surface area contributed by atoms with Gasteiger partial charge >= 0.3 is 5.97 Å². The van der Waals surface area contributed by atoms with Crippen molar-refractivity contribution in [2.45, 2.75) is 24.5 Å². The number of halogens is 1. The molecule has 0 bridgehead atoms. The molecule has 0 saturated heterocycles. The van der Waals surface area contributed by atoms with E-state index in [0.717, 1.165) is 21.9 Å². The van der Waals surface area contributed by atoms with Crippen molar-refractivity contribution in [2.24, 2.45) is 0 Å². The minimum Gasteiger partial charge on any atom is -0.495 e. The third kappa shape index (κ3) is 5.80. The maximum Gasteiger partial charge on any atom is 0.339 e. The average Bonchev–Trinajstić information content (AvgIpc) is 3.08. The van der Waals surface area contributed by atoms with Crippen molar-refractivity contribution < 1.29 is 23.6 Å². The number of ether oxygens (including phenoxy) is 2. The summed E-state index contributed by atoms with van der Waals surface area (Å²) in [5, 5.41) is 7.02. The number of hydrogen-bond acceptors (Lipinski definition) is 7. The molecule has 0 saturated carbocycles. The fourth-order valence-electron chi connectivity index (χ4n) is 2.79. The molecule has 0 aliphatic carbocycles. The van der Waals surface area contributed by atoms with Crippen LogP contribution in [0.2, 0.25) is 5.02 Å². The number of aryl methyl sites for hydroxylation is 2. The number of hydrogen-bond donors (Lipinski definition) is 1. The van der Waals surface area contributed by atoms with Crippen molar-refractivity contribution in [2.75, 3.05) is 19.0 Å². The molecule has 0 spiro atoms. The van der Waals surface area contributed by atoms with Gasteiger partial charge in [-0.25, -0.2) is 4.79 Å². The van der Waals surface area contributed by atoms with E-state index in [9.17, 15) is 9.59 Å². The lowest BCUT2D eigenvalue weighted by atomic mass is 10.2. The molecule has 3 aromatic rings. The van der Waals surface area contributed by atoms with E-state index in [1.165, 1.54) is 18.9 Å². The smallest absolute Gasteiger partial charge is 0.339 e. The van der Waals surface area contributed by atoms with Crippen LogP contribution in [-0.2, 0) is 15.3 Å². The third-order valence-corrected chi connectivity index (χ3v) is 5.77. The van der Waals surface area contributed by atoms with Crippen LogP contribution in [0.1, 0.15) is 27.4 Å². The van der Waals surface area contributed by atoms with Crippen molar-refractivity contribution in [1.29, 1.82) is 0 Å². The highest BCUT2D eigenvalue weighted by atomic mass is 35.5. The second-order valence-electron chi connectivity index (χ2n) is 6.56. The summed E-state index contributed by atoms with van der Waals surface area (Å²) in [6.45, 7) is 3.28. The molecule has 162 valence electrons. The molecule has 7 nitrogen and oxygen atoms in total. The second-order valence-corrected chi connectivity index (χ2v) is 8.01. The van der Waals surface area contributed by atoms with Crippen molar-refractivity contribution in [3.8, 4) is 5.75 Å². The predicted octanol–water partition coefficient (Wildman–Crippen LogP) is 5.04. The summed E-state index contributed by atoms with van der Waals surface area (Å²) >= 11 is 7.44. The number of benzene rings is 2. The first-order valence-electron chi connectivity index (χ1n) is 9.33. The number of anilines is 1. The van der Waals surface area contributed by atoms with E-state index in [1.807, 2.05) is 26.0 Å². The van der Waals surface area contributed by atoms with Crippen LogP contribution in [0.5, 0.6) is 5.75 Å². The number of nitrogens with one attached hydrogen (secondary N) is 1. The van der Waals surface area contributed by atoms with Gasteiger partial charge < -0.3 is 19.3 Å². The third-order valence-electron chi connectivity index (χ3n) is 4.43. The van der Waals surface area contributed by atoms with Crippen LogP contribution in [0.25, 0.3) is 0 Å². The van der Waals surface area contributed by atoms with Crippen LogP contribution in [-0.4, -0.2) is 30.7 Å². The maximum atomic E-state index is 12.6. The Balaban J connectivity index is 1.62. The number of aromatic nitrogens is 1. The first kappa shape index (κ1) is 22.7. The van der Waals surface area contributed by atoms with Gasteiger partial charge in [0.25, 0.3) is 5.91 Å². The predicted molar refractivity (Wildman–Crippen MR) is 119 cm³/mol. The molecule has 1 aromatic heterocycles. The lowest BCUT2D eigenvalue weighted by Crippen LogP contribution is -2.21. The maximum absolute atomic E-state index is 12.6.